The Bertz CT molecular complexity index is 2770. The Morgan fingerprint density at radius 2 is 0.909 bits per heavy atom. The van der Waals surface area contributed by atoms with E-state index in [0.717, 1.165) is 12.0 Å². The summed E-state index contributed by atoms with van der Waals surface area (Å²) in [5.41, 5.74) is 0.332. The Balaban J connectivity index is -0.00000247. The van der Waals surface area contributed by atoms with E-state index in [-0.39, 0.29) is 207 Å². The van der Waals surface area contributed by atoms with Crippen molar-refractivity contribution < 1.29 is 360 Å². The average molecular weight is 1320 g/mol. The fraction of sp³-hybridized carbons (Fsp3) is 0.692. The first kappa shape index (κ1) is 89.8. The van der Waals surface area contributed by atoms with Gasteiger partial charge in [0.15, 0.2) is 24.8 Å². The van der Waals surface area contributed by atoms with Gasteiger partial charge in [0, 0.05) is 20.2 Å². The van der Waals surface area contributed by atoms with E-state index in [4.69, 9.17) is 23.7 Å². The van der Waals surface area contributed by atoms with Crippen molar-refractivity contribution in [3.63, 3.8) is 0 Å². The van der Waals surface area contributed by atoms with Crippen LogP contribution in [0.3, 0.4) is 0 Å². The van der Waals surface area contributed by atoms with E-state index in [1.165, 1.54) is 24.3 Å². The molecule has 3 rings (SSSR count). The number of hydrogen-bond acceptors (Lipinski definition) is 35. The van der Waals surface area contributed by atoms with Crippen LogP contribution in [-0.2, 0) is 142 Å². The molecule has 406 valence electrons. The second kappa shape index (κ2) is 39.1. The van der Waals surface area contributed by atoms with Gasteiger partial charge in [-0.3, -0.25) is 38.9 Å². The van der Waals surface area contributed by atoms with Gasteiger partial charge < -0.3 is 65.8 Å². The summed E-state index contributed by atoms with van der Waals surface area (Å²) in [6, 6.07) is 7.44. The maximum atomic E-state index is 13.5. The van der Waals surface area contributed by atoms with Gasteiger partial charge in [-0.05, 0) is 5.56 Å². The first-order chi connectivity index (χ1) is 31.8. The number of hydrogen-bond donors (Lipinski definition) is 1. The molecule has 2 saturated heterocycles. The minimum atomic E-state index is -6.16. The minimum absolute atomic E-state index is 0. The summed E-state index contributed by atoms with van der Waals surface area (Å²) in [6.45, 7) is -7.14. The van der Waals surface area contributed by atoms with Gasteiger partial charge in [-0.15, -0.1) is 0 Å². The van der Waals surface area contributed by atoms with Crippen LogP contribution in [-0.4, -0.2) is 216 Å². The SMILES string of the molecule is COC1OC(COCC(=O)N(CC(=O)NCCOC2OC(COS(=O)(=O)[O-])C(OS(=O)(=O)[O-])C(OS(=O)(=O)[O-])C2OS(=O)(=O)[O-])Cc2ccccc2)C(OS(=O)(=O)[O-])C(OS(=O)(=O)[O-])C1OS(=O)(=O)[O-].[Na+].[Na+].[Na+].[Na+].[Na+].[Na+].[Na+]. The summed E-state index contributed by atoms with van der Waals surface area (Å²) in [6.07, 6.45) is -26.7. The maximum Gasteiger partial charge on any atom is 1.00 e. The van der Waals surface area contributed by atoms with E-state index >= 15 is 0 Å². The molecule has 0 saturated carbocycles. The largest absolute Gasteiger partial charge is 1.00 e. The van der Waals surface area contributed by atoms with Crippen molar-refractivity contribution in [1.82, 2.24) is 10.2 Å². The third-order valence-electron chi connectivity index (χ3n) is 8.28. The zero-order chi connectivity index (χ0) is 53.3. The van der Waals surface area contributed by atoms with Crippen LogP contribution < -0.4 is 212 Å². The van der Waals surface area contributed by atoms with Crippen LogP contribution in [0.4, 0.5) is 0 Å². The van der Waals surface area contributed by atoms with E-state index in [9.17, 15) is 100 Å². The maximum absolute atomic E-state index is 13.5. The van der Waals surface area contributed by atoms with Crippen molar-refractivity contribution in [1.29, 1.82) is 0 Å². The third kappa shape index (κ3) is 36.8. The number of carbonyl (C=O) groups is 2. The third-order valence-corrected chi connectivity index (χ3v) is 11.5. The first-order valence-electron chi connectivity index (χ1n) is 17.9. The summed E-state index contributed by atoms with van der Waals surface area (Å²) in [7, 11) is -41.2. The molecule has 0 aliphatic carbocycles. The number of benzene rings is 1. The monoisotopic (exact) mass is 1320 g/mol. The molecule has 0 bridgehead atoms. The number of carbonyl (C=O) groups excluding carboxylic acids is 2. The second-order valence-electron chi connectivity index (χ2n) is 13.3. The van der Waals surface area contributed by atoms with E-state index in [0.29, 0.717) is 5.56 Å². The normalized spacial score (nSPS) is 23.9. The van der Waals surface area contributed by atoms with Crippen LogP contribution in [0.2, 0.25) is 0 Å². The molecule has 37 nitrogen and oxygen atoms in total. The molecular formula is C26H33N2Na7O35S7. The minimum Gasteiger partial charge on any atom is -0.726 e. The Labute approximate surface area is 595 Å². The van der Waals surface area contributed by atoms with Crippen LogP contribution >= 0.6 is 0 Å². The van der Waals surface area contributed by atoms with Gasteiger partial charge in [0.05, 0.1) is 26.4 Å². The zero-order valence-electron chi connectivity index (χ0n) is 41.2. The summed E-state index contributed by atoms with van der Waals surface area (Å²) in [5, 5.41) is 2.15. The predicted molar refractivity (Wildman–Crippen MR) is 199 cm³/mol. The van der Waals surface area contributed by atoms with Crippen molar-refractivity contribution in [3.05, 3.63) is 35.9 Å². The molecule has 2 fully saturated rings. The van der Waals surface area contributed by atoms with Crippen LogP contribution in [0.1, 0.15) is 5.56 Å². The average Bonchev–Trinajstić information content (AvgIpc) is 3.16. The van der Waals surface area contributed by atoms with Gasteiger partial charge >= 0.3 is 207 Å². The van der Waals surface area contributed by atoms with E-state index in [1.54, 1.807) is 6.07 Å². The van der Waals surface area contributed by atoms with Gasteiger partial charge in [0.25, 0.3) is 0 Å². The van der Waals surface area contributed by atoms with Gasteiger partial charge in [-0.2, -0.15) is 0 Å². The van der Waals surface area contributed by atoms with Gasteiger partial charge in [-0.25, -0.2) is 58.9 Å². The van der Waals surface area contributed by atoms with E-state index < -0.39 is 192 Å². The number of amides is 2. The molecule has 0 aromatic heterocycles. The number of rotatable bonds is 28. The Hall–Kier alpha value is 4.05. The standard InChI is InChI=1S/C26H40N2O35S7.7Na/c1-52-25-23(62-69(46,47)48)21(60-67(40,41)42)19(58-65(34,35)36)15(56-25)11-53-13-18(30)28(9-14-5-3-2-4-6-14)10-17(29)27-7-8-54-26-24(63-70(49,50)51)22(61-68(43,44)45)20(59-66(37,38)39)16(57-26)12-55-64(31,32)33;;;;;;;/h2-6,15-16,19-26H,7-13H2,1H3,(H,27,29)(H,31,32,33)(H,34,35,36)(H,37,38,39)(H,40,41,42)(H,43,44,45)(H,46,47,48)(H,49,50,51);;;;;;;/q;7*+1/p-7. The quantitative estimate of drug-likeness (QED) is 0.0352. The molecule has 2 aliphatic rings. The van der Waals surface area contributed by atoms with Crippen molar-refractivity contribution in [2.24, 2.45) is 0 Å². The molecule has 10 atom stereocenters. The van der Waals surface area contributed by atoms with Crippen LogP contribution in [0.5, 0.6) is 0 Å². The molecule has 51 heteroatoms. The zero-order valence-corrected chi connectivity index (χ0v) is 60.9. The molecule has 2 heterocycles. The van der Waals surface area contributed by atoms with E-state index in [2.05, 4.69) is 34.6 Å². The summed E-state index contributed by atoms with van der Waals surface area (Å²) >= 11 is 0. The van der Waals surface area contributed by atoms with Crippen LogP contribution in [0.25, 0.3) is 0 Å². The van der Waals surface area contributed by atoms with Crippen molar-refractivity contribution >= 4 is 84.6 Å². The fourth-order valence-corrected chi connectivity index (χ4v) is 9.20. The van der Waals surface area contributed by atoms with Gasteiger partial charge in [-0.1, -0.05) is 30.3 Å². The van der Waals surface area contributed by atoms with Crippen molar-refractivity contribution in [3.8, 4) is 0 Å². The number of nitrogens with zero attached hydrogens (tertiary/aromatic N) is 1. The van der Waals surface area contributed by atoms with Crippen LogP contribution in [0.15, 0.2) is 30.3 Å². The summed E-state index contributed by atoms with van der Waals surface area (Å²) < 4.78 is 295. The summed E-state index contributed by atoms with van der Waals surface area (Å²) in [4.78, 5) is 27.3. The second-order valence-corrected chi connectivity index (χ2v) is 20.4. The molecular weight excluding hydrogens is 1290 g/mol. The van der Waals surface area contributed by atoms with E-state index in [1.807, 2.05) is 0 Å². The number of methoxy groups -OCH3 is 1. The van der Waals surface area contributed by atoms with Crippen LogP contribution in [0, 0.1) is 0 Å². The molecule has 77 heavy (non-hydrogen) atoms. The van der Waals surface area contributed by atoms with Gasteiger partial charge in [0.2, 0.25) is 84.6 Å². The smallest absolute Gasteiger partial charge is 0.726 e. The first-order valence-corrected chi connectivity index (χ1v) is 27.2. The van der Waals surface area contributed by atoms with Gasteiger partial charge in [0.1, 0.15) is 43.2 Å². The molecule has 1 aromatic carbocycles. The Morgan fingerprint density at radius 1 is 0.532 bits per heavy atom. The molecule has 2 aliphatic heterocycles. The molecule has 1 N–H and O–H groups in total. The van der Waals surface area contributed by atoms with Crippen molar-refractivity contribution in [2.45, 2.75) is 68.0 Å². The molecule has 0 radical (unpaired) electrons. The summed E-state index contributed by atoms with van der Waals surface area (Å²) in [5.74, 6) is -2.24. The molecule has 10 unspecified atom stereocenters. The van der Waals surface area contributed by atoms with Crippen molar-refractivity contribution in [2.75, 3.05) is 46.6 Å². The number of ether oxygens (including phenoxy) is 5. The Morgan fingerprint density at radius 3 is 1.31 bits per heavy atom. The molecule has 0 spiro atoms. The molecule has 2 amide bonds. The Kier molecular flexibility index (Phi) is 45.6. The fourth-order valence-electron chi connectivity index (χ4n) is 5.96. The number of nitrogens with one attached hydrogen (secondary N) is 1. The molecule has 1 aromatic rings. The predicted octanol–water partition coefficient (Wildman–Crippen LogP) is -29.2. The topological polar surface area (TPSA) is 561 Å².